The van der Waals surface area contributed by atoms with Crippen molar-refractivity contribution in [2.45, 2.75) is 26.7 Å². The molecule has 1 aromatic rings. The second-order valence-electron chi connectivity index (χ2n) is 4.89. The number of carboxylic acid groups (broad SMARTS) is 1. The lowest BCUT2D eigenvalue weighted by Gasteiger charge is -2.11. The highest BCUT2D eigenvalue weighted by molar-refractivity contribution is 5.85. The Morgan fingerprint density at radius 3 is 2.28 bits per heavy atom. The first-order valence-electron chi connectivity index (χ1n) is 6.03. The highest BCUT2D eigenvalue weighted by Gasteiger charge is 2.15. The van der Waals surface area contributed by atoms with Crippen molar-refractivity contribution < 1.29 is 9.90 Å². The van der Waals surface area contributed by atoms with Gasteiger partial charge in [-0.3, -0.25) is 4.79 Å². The van der Waals surface area contributed by atoms with Crippen LogP contribution < -0.4 is 5.73 Å². The van der Waals surface area contributed by atoms with E-state index in [9.17, 15) is 4.79 Å². The van der Waals surface area contributed by atoms with Crippen molar-refractivity contribution in [3.05, 3.63) is 35.4 Å². The largest absolute Gasteiger partial charge is 0.481 e. The summed E-state index contributed by atoms with van der Waals surface area (Å²) in [4.78, 5) is 10.9. The van der Waals surface area contributed by atoms with Crippen LogP contribution in [0.4, 0.5) is 0 Å². The number of hydrogen-bond acceptors (Lipinski definition) is 2. The minimum atomic E-state index is -0.818. The van der Waals surface area contributed by atoms with Gasteiger partial charge < -0.3 is 10.8 Å². The van der Waals surface area contributed by atoms with Gasteiger partial charge in [-0.1, -0.05) is 38.1 Å². The standard InChI is InChI=1S/C14H21NO2.ClH/c1-10(2)6-11-4-3-5-12(7-11)8-13(9-15)14(16)17;/h3-5,7,10,13H,6,8-9,15H2,1-2H3,(H,16,17);1H/t13-;/m0./s1. The monoisotopic (exact) mass is 271 g/mol. The molecule has 0 saturated carbocycles. The van der Waals surface area contributed by atoms with E-state index in [4.69, 9.17) is 10.8 Å². The fourth-order valence-electron chi connectivity index (χ4n) is 1.91. The van der Waals surface area contributed by atoms with E-state index in [-0.39, 0.29) is 19.0 Å². The van der Waals surface area contributed by atoms with Crippen molar-refractivity contribution >= 4 is 18.4 Å². The Balaban J connectivity index is 0.00000289. The topological polar surface area (TPSA) is 63.3 Å². The third-order valence-electron chi connectivity index (χ3n) is 2.75. The van der Waals surface area contributed by atoms with Gasteiger partial charge in [0.05, 0.1) is 5.92 Å². The van der Waals surface area contributed by atoms with Crippen LogP contribution >= 0.6 is 12.4 Å². The Kier molecular flexibility index (Phi) is 7.64. The predicted octanol–water partition coefficient (Wildman–Crippen LogP) is 2.51. The quantitative estimate of drug-likeness (QED) is 0.836. The minimum absolute atomic E-state index is 0. The normalized spacial score (nSPS) is 12.0. The van der Waals surface area contributed by atoms with Gasteiger partial charge in [0.25, 0.3) is 0 Å². The molecule has 0 fully saturated rings. The molecule has 1 aromatic carbocycles. The van der Waals surface area contributed by atoms with Crippen LogP contribution in [0.25, 0.3) is 0 Å². The van der Waals surface area contributed by atoms with Crippen LogP contribution in [0.15, 0.2) is 24.3 Å². The maximum Gasteiger partial charge on any atom is 0.308 e. The highest BCUT2D eigenvalue weighted by Crippen LogP contribution is 2.14. The van der Waals surface area contributed by atoms with Crippen molar-refractivity contribution in [3.63, 3.8) is 0 Å². The van der Waals surface area contributed by atoms with Crippen LogP contribution in [0.1, 0.15) is 25.0 Å². The van der Waals surface area contributed by atoms with E-state index in [0.717, 1.165) is 12.0 Å². The van der Waals surface area contributed by atoms with Crippen molar-refractivity contribution in [2.75, 3.05) is 6.54 Å². The number of rotatable bonds is 6. The molecule has 18 heavy (non-hydrogen) atoms. The SMILES string of the molecule is CC(C)Cc1cccc(C[C@@H](CN)C(=O)O)c1.Cl. The molecule has 0 heterocycles. The maximum absolute atomic E-state index is 10.9. The number of halogens is 1. The van der Waals surface area contributed by atoms with Crippen LogP contribution in [-0.4, -0.2) is 17.6 Å². The molecular weight excluding hydrogens is 250 g/mol. The molecular formula is C14H22ClNO2. The zero-order chi connectivity index (χ0) is 12.8. The summed E-state index contributed by atoms with van der Waals surface area (Å²) in [6.45, 7) is 4.53. The number of nitrogens with two attached hydrogens (primary N) is 1. The summed E-state index contributed by atoms with van der Waals surface area (Å²) in [6.07, 6.45) is 1.53. The Morgan fingerprint density at radius 2 is 1.83 bits per heavy atom. The molecule has 0 saturated heterocycles. The molecule has 0 unspecified atom stereocenters. The van der Waals surface area contributed by atoms with E-state index >= 15 is 0 Å². The van der Waals surface area contributed by atoms with E-state index in [1.165, 1.54) is 5.56 Å². The van der Waals surface area contributed by atoms with Crippen LogP contribution in [-0.2, 0) is 17.6 Å². The molecule has 0 radical (unpaired) electrons. The molecule has 0 aromatic heterocycles. The number of benzene rings is 1. The van der Waals surface area contributed by atoms with Gasteiger partial charge in [-0.05, 0) is 29.9 Å². The Labute approximate surface area is 115 Å². The summed E-state index contributed by atoms with van der Waals surface area (Å²) >= 11 is 0. The van der Waals surface area contributed by atoms with Crippen LogP contribution in [0, 0.1) is 11.8 Å². The molecule has 4 heteroatoms. The van der Waals surface area contributed by atoms with Crippen molar-refractivity contribution in [1.29, 1.82) is 0 Å². The van der Waals surface area contributed by atoms with Crippen LogP contribution in [0.5, 0.6) is 0 Å². The molecule has 0 aliphatic carbocycles. The second kappa shape index (κ2) is 8.11. The molecule has 1 rings (SSSR count). The van der Waals surface area contributed by atoms with Gasteiger partial charge in [-0.2, -0.15) is 0 Å². The molecule has 3 nitrogen and oxygen atoms in total. The predicted molar refractivity (Wildman–Crippen MR) is 76.1 cm³/mol. The first-order chi connectivity index (χ1) is 8.02. The fourth-order valence-corrected chi connectivity index (χ4v) is 1.91. The summed E-state index contributed by atoms with van der Waals surface area (Å²) in [5.74, 6) is -0.693. The van der Waals surface area contributed by atoms with Gasteiger partial charge in [-0.25, -0.2) is 0 Å². The van der Waals surface area contributed by atoms with E-state index in [1.54, 1.807) is 0 Å². The molecule has 0 aliphatic heterocycles. The van der Waals surface area contributed by atoms with Crippen molar-refractivity contribution in [2.24, 2.45) is 17.6 Å². The molecule has 0 amide bonds. The van der Waals surface area contributed by atoms with Crippen LogP contribution in [0.3, 0.4) is 0 Å². The number of carboxylic acids is 1. The van der Waals surface area contributed by atoms with E-state index in [1.807, 2.05) is 12.1 Å². The third kappa shape index (κ3) is 5.52. The zero-order valence-corrected chi connectivity index (χ0v) is 11.7. The van der Waals surface area contributed by atoms with E-state index in [0.29, 0.717) is 12.3 Å². The smallest absolute Gasteiger partial charge is 0.308 e. The summed E-state index contributed by atoms with van der Waals surface area (Å²) in [7, 11) is 0. The fraction of sp³-hybridized carbons (Fsp3) is 0.500. The van der Waals surface area contributed by atoms with E-state index < -0.39 is 11.9 Å². The number of hydrogen-bond donors (Lipinski definition) is 2. The Morgan fingerprint density at radius 1 is 1.28 bits per heavy atom. The lowest BCUT2D eigenvalue weighted by molar-refractivity contribution is -0.141. The summed E-state index contributed by atoms with van der Waals surface area (Å²) in [5, 5.41) is 8.97. The average molecular weight is 272 g/mol. The lowest BCUT2D eigenvalue weighted by Crippen LogP contribution is -2.25. The molecule has 0 aliphatic rings. The van der Waals surface area contributed by atoms with Gasteiger partial charge in [0.2, 0.25) is 0 Å². The maximum atomic E-state index is 10.9. The second-order valence-corrected chi connectivity index (χ2v) is 4.89. The molecule has 0 bridgehead atoms. The van der Waals surface area contributed by atoms with E-state index in [2.05, 4.69) is 26.0 Å². The zero-order valence-electron chi connectivity index (χ0n) is 10.9. The van der Waals surface area contributed by atoms with Crippen molar-refractivity contribution in [3.8, 4) is 0 Å². The molecule has 3 N–H and O–H groups in total. The molecule has 102 valence electrons. The summed E-state index contributed by atoms with van der Waals surface area (Å²) in [5.41, 5.74) is 7.78. The first kappa shape index (κ1) is 16.9. The van der Waals surface area contributed by atoms with Gasteiger partial charge in [0, 0.05) is 6.54 Å². The highest BCUT2D eigenvalue weighted by atomic mass is 35.5. The Hall–Kier alpha value is -1.06. The summed E-state index contributed by atoms with van der Waals surface area (Å²) in [6, 6.07) is 8.13. The molecule has 1 atom stereocenters. The third-order valence-corrected chi connectivity index (χ3v) is 2.75. The molecule has 0 spiro atoms. The number of aliphatic carboxylic acids is 1. The Bertz CT molecular complexity index is 380. The van der Waals surface area contributed by atoms with Gasteiger partial charge >= 0.3 is 5.97 Å². The van der Waals surface area contributed by atoms with Gasteiger partial charge in [0.1, 0.15) is 0 Å². The van der Waals surface area contributed by atoms with Gasteiger partial charge in [0.15, 0.2) is 0 Å². The number of carbonyl (C=O) groups is 1. The van der Waals surface area contributed by atoms with Gasteiger partial charge in [-0.15, -0.1) is 12.4 Å². The summed E-state index contributed by atoms with van der Waals surface area (Å²) < 4.78 is 0. The van der Waals surface area contributed by atoms with Crippen molar-refractivity contribution in [1.82, 2.24) is 0 Å². The first-order valence-corrected chi connectivity index (χ1v) is 6.03. The van der Waals surface area contributed by atoms with Crippen LogP contribution in [0.2, 0.25) is 0 Å². The lowest BCUT2D eigenvalue weighted by atomic mass is 9.95. The minimum Gasteiger partial charge on any atom is -0.481 e. The average Bonchev–Trinajstić information content (AvgIpc) is 2.25.